The van der Waals surface area contributed by atoms with Gasteiger partial charge in [0.15, 0.2) is 0 Å². The molecule has 0 unspecified atom stereocenters. The first-order valence-electron chi connectivity index (χ1n) is 8.31. The maximum atomic E-state index is 11.8. The average molecular weight is 380 g/mol. The van der Waals surface area contributed by atoms with Crippen LogP contribution in [0.1, 0.15) is 11.1 Å². The highest BCUT2D eigenvalue weighted by molar-refractivity contribution is 6.30. The molecule has 0 saturated carbocycles. The first kappa shape index (κ1) is 18.5. The molecule has 3 aromatic carbocycles. The van der Waals surface area contributed by atoms with Crippen molar-refractivity contribution in [1.29, 1.82) is 0 Å². The first-order chi connectivity index (χ1) is 13.2. The molecule has 0 fully saturated rings. The van der Waals surface area contributed by atoms with Crippen molar-refractivity contribution in [2.75, 3.05) is 5.32 Å². The minimum Gasteiger partial charge on any atom is -0.489 e. The van der Waals surface area contributed by atoms with E-state index in [-0.39, 0.29) is 0 Å². The zero-order valence-corrected chi connectivity index (χ0v) is 15.2. The molecule has 3 aromatic rings. The Balaban J connectivity index is 1.51. The van der Waals surface area contributed by atoms with E-state index in [4.69, 9.17) is 16.3 Å². The van der Waals surface area contributed by atoms with E-state index in [9.17, 15) is 4.79 Å². The van der Waals surface area contributed by atoms with Crippen LogP contribution in [0.2, 0.25) is 5.02 Å². The number of hydrogen-bond acceptors (Lipinski definition) is 3. The fraction of sp³-hybridized carbons (Fsp3) is 0.0476. The van der Waals surface area contributed by atoms with Gasteiger partial charge in [-0.05, 0) is 47.5 Å². The number of amides is 2. The van der Waals surface area contributed by atoms with Crippen LogP contribution in [0, 0.1) is 0 Å². The normalized spacial score (nSPS) is 10.6. The summed E-state index contributed by atoms with van der Waals surface area (Å²) in [6.07, 6.45) is 1.56. The Hall–Kier alpha value is -3.31. The third-order valence-corrected chi connectivity index (χ3v) is 3.84. The van der Waals surface area contributed by atoms with Crippen molar-refractivity contribution in [1.82, 2.24) is 5.43 Å². The smallest absolute Gasteiger partial charge is 0.339 e. The summed E-state index contributed by atoms with van der Waals surface area (Å²) in [6.45, 7) is 0.440. The van der Waals surface area contributed by atoms with Crippen molar-refractivity contribution in [3.05, 3.63) is 95.0 Å². The molecule has 0 bridgehead atoms. The Morgan fingerprint density at radius 2 is 1.78 bits per heavy atom. The molecule has 0 aliphatic heterocycles. The van der Waals surface area contributed by atoms with E-state index in [1.165, 1.54) is 0 Å². The van der Waals surface area contributed by atoms with Gasteiger partial charge in [0.2, 0.25) is 0 Å². The van der Waals surface area contributed by atoms with Crippen LogP contribution in [0.15, 0.2) is 84.0 Å². The molecule has 0 radical (unpaired) electrons. The summed E-state index contributed by atoms with van der Waals surface area (Å²) in [6, 6.07) is 23.7. The number of carbonyl (C=O) groups is 1. The second kappa shape index (κ2) is 9.40. The Morgan fingerprint density at radius 1 is 1.00 bits per heavy atom. The van der Waals surface area contributed by atoms with Crippen LogP contribution in [-0.2, 0) is 6.61 Å². The Bertz CT molecular complexity index is 912. The topological polar surface area (TPSA) is 62.7 Å². The number of carbonyl (C=O) groups excluding carboxylic acids is 1. The number of ether oxygens (including phenoxy) is 1. The van der Waals surface area contributed by atoms with Gasteiger partial charge in [-0.2, -0.15) is 5.10 Å². The van der Waals surface area contributed by atoms with E-state index in [0.717, 1.165) is 11.1 Å². The molecule has 0 atom stereocenters. The predicted molar refractivity (Wildman–Crippen MR) is 108 cm³/mol. The van der Waals surface area contributed by atoms with Crippen LogP contribution in [0.5, 0.6) is 5.75 Å². The highest BCUT2D eigenvalue weighted by Gasteiger charge is 2.00. The lowest BCUT2D eigenvalue weighted by Gasteiger charge is -2.07. The molecule has 27 heavy (non-hydrogen) atoms. The van der Waals surface area contributed by atoms with Gasteiger partial charge in [0, 0.05) is 10.7 Å². The largest absolute Gasteiger partial charge is 0.489 e. The maximum Gasteiger partial charge on any atom is 0.339 e. The van der Waals surface area contributed by atoms with Gasteiger partial charge < -0.3 is 10.1 Å². The predicted octanol–water partition coefficient (Wildman–Crippen LogP) is 5.07. The summed E-state index contributed by atoms with van der Waals surface area (Å²) in [4.78, 5) is 11.8. The molecule has 3 rings (SSSR count). The molecule has 0 saturated heterocycles. The fourth-order valence-corrected chi connectivity index (χ4v) is 2.40. The molecule has 2 amide bonds. The van der Waals surface area contributed by atoms with Crippen molar-refractivity contribution in [2.45, 2.75) is 6.61 Å². The molecule has 0 aliphatic rings. The van der Waals surface area contributed by atoms with E-state index in [1.54, 1.807) is 18.3 Å². The molecule has 0 aromatic heterocycles. The highest BCUT2D eigenvalue weighted by Crippen LogP contribution is 2.15. The number of halogens is 1. The monoisotopic (exact) mass is 379 g/mol. The maximum absolute atomic E-state index is 11.8. The van der Waals surface area contributed by atoms with Crippen LogP contribution in [0.3, 0.4) is 0 Å². The first-order valence-corrected chi connectivity index (χ1v) is 8.69. The quantitative estimate of drug-likeness (QED) is 0.463. The molecular formula is C21H18ClN3O2. The van der Waals surface area contributed by atoms with E-state index in [2.05, 4.69) is 15.8 Å². The van der Waals surface area contributed by atoms with Crippen molar-refractivity contribution >= 4 is 29.5 Å². The van der Waals surface area contributed by atoms with Gasteiger partial charge >= 0.3 is 6.03 Å². The molecule has 0 spiro atoms. The molecule has 2 N–H and O–H groups in total. The van der Waals surface area contributed by atoms with Gasteiger partial charge in [-0.1, -0.05) is 54.1 Å². The summed E-state index contributed by atoms with van der Waals surface area (Å²) in [7, 11) is 0. The molecule has 136 valence electrons. The van der Waals surface area contributed by atoms with Crippen LogP contribution < -0.4 is 15.5 Å². The lowest BCUT2D eigenvalue weighted by atomic mass is 10.2. The Morgan fingerprint density at radius 3 is 2.56 bits per heavy atom. The lowest BCUT2D eigenvalue weighted by molar-refractivity contribution is 0.252. The van der Waals surface area contributed by atoms with Gasteiger partial charge in [-0.25, -0.2) is 10.2 Å². The fourth-order valence-electron chi connectivity index (χ4n) is 2.28. The minimum absolute atomic E-state index is 0.410. The second-order valence-corrected chi connectivity index (χ2v) is 6.11. The van der Waals surface area contributed by atoms with E-state index >= 15 is 0 Å². The van der Waals surface area contributed by atoms with Crippen molar-refractivity contribution in [3.63, 3.8) is 0 Å². The number of urea groups is 1. The number of nitrogens with one attached hydrogen (secondary N) is 2. The van der Waals surface area contributed by atoms with Crippen molar-refractivity contribution in [2.24, 2.45) is 5.10 Å². The molecule has 6 heteroatoms. The highest BCUT2D eigenvalue weighted by atomic mass is 35.5. The molecular weight excluding hydrogens is 362 g/mol. The average Bonchev–Trinajstić information content (AvgIpc) is 2.69. The van der Waals surface area contributed by atoms with Gasteiger partial charge in [-0.3, -0.25) is 0 Å². The van der Waals surface area contributed by atoms with Gasteiger partial charge in [0.05, 0.1) is 6.21 Å². The molecule has 0 aliphatic carbocycles. The molecule has 0 heterocycles. The van der Waals surface area contributed by atoms with Gasteiger partial charge in [-0.15, -0.1) is 0 Å². The number of nitrogens with zero attached hydrogens (tertiary/aromatic N) is 1. The van der Waals surface area contributed by atoms with E-state index in [1.807, 2.05) is 66.7 Å². The van der Waals surface area contributed by atoms with Crippen molar-refractivity contribution in [3.8, 4) is 5.75 Å². The Labute approximate surface area is 162 Å². The number of rotatable bonds is 6. The third kappa shape index (κ3) is 6.17. The van der Waals surface area contributed by atoms with E-state index < -0.39 is 6.03 Å². The lowest BCUT2D eigenvalue weighted by Crippen LogP contribution is -2.24. The number of hydrogen-bond donors (Lipinski definition) is 2. The van der Waals surface area contributed by atoms with E-state index in [0.29, 0.717) is 23.1 Å². The van der Waals surface area contributed by atoms with Crippen LogP contribution in [-0.4, -0.2) is 12.2 Å². The Kier molecular flexibility index (Phi) is 6.44. The van der Waals surface area contributed by atoms with Crippen LogP contribution >= 0.6 is 11.6 Å². The zero-order valence-electron chi connectivity index (χ0n) is 14.4. The zero-order chi connectivity index (χ0) is 18.9. The number of para-hydroxylation sites is 1. The van der Waals surface area contributed by atoms with Gasteiger partial charge in [0.1, 0.15) is 12.4 Å². The summed E-state index contributed by atoms with van der Waals surface area (Å²) in [5, 5.41) is 7.33. The number of hydrazone groups is 1. The summed E-state index contributed by atoms with van der Waals surface area (Å²) < 4.78 is 5.77. The molecule has 5 nitrogen and oxygen atoms in total. The summed E-state index contributed by atoms with van der Waals surface area (Å²) >= 11 is 5.88. The standard InChI is InChI=1S/C21H18ClN3O2/c22-18-11-9-16(10-12-18)15-27-20-8-4-5-17(13-20)14-23-25-21(26)24-19-6-2-1-3-7-19/h1-14H,15H2,(H2,24,25,26)/b23-14+. The summed E-state index contributed by atoms with van der Waals surface area (Å²) in [5.74, 6) is 0.711. The third-order valence-electron chi connectivity index (χ3n) is 3.59. The second-order valence-electron chi connectivity index (χ2n) is 5.68. The number of anilines is 1. The number of benzene rings is 3. The van der Waals surface area contributed by atoms with Crippen molar-refractivity contribution < 1.29 is 9.53 Å². The SMILES string of the molecule is O=C(N/N=C/c1cccc(OCc2ccc(Cl)cc2)c1)Nc1ccccc1. The summed E-state index contributed by atoms with van der Waals surface area (Å²) in [5.41, 5.74) is 4.96. The minimum atomic E-state index is -0.410. The van der Waals surface area contributed by atoms with Crippen LogP contribution in [0.25, 0.3) is 0 Å². The van der Waals surface area contributed by atoms with Crippen LogP contribution in [0.4, 0.5) is 10.5 Å². The van der Waals surface area contributed by atoms with Gasteiger partial charge in [0.25, 0.3) is 0 Å².